The number of nitrogens with zero attached hydrogens (tertiary/aromatic N) is 3. The summed E-state index contributed by atoms with van der Waals surface area (Å²) in [6.45, 7) is 6.52. The van der Waals surface area contributed by atoms with E-state index in [0.717, 1.165) is 40.8 Å². The maximum Gasteiger partial charge on any atom is 0.319 e. The Hall–Kier alpha value is -4.20. The number of nitrogens with one attached hydrogen (secondary N) is 3. The maximum absolute atomic E-state index is 12.9. The van der Waals surface area contributed by atoms with Crippen molar-refractivity contribution in [3.8, 4) is 16.9 Å². The molecule has 0 saturated heterocycles. The van der Waals surface area contributed by atoms with Gasteiger partial charge in [0.05, 0.1) is 5.56 Å². The lowest BCUT2D eigenvalue weighted by Gasteiger charge is -2.16. The number of aromatic amines is 1. The maximum atomic E-state index is 12.9. The van der Waals surface area contributed by atoms with Crippen LogP contribution in [0.2, 0.25) is 0 Å². The van der Waals surface area contributed by atoms with Crippen molar-refractivity contribution in [2.45, 2.75) is 40.2 Å². The van der Waals surface area contributed by atoms with E-state index < -0.39 is 0 Å². The van der Waals surface area contributed by atoms with Crippen LogP contribution in [0, 0.1) is 6.92 Å². The van der Waals surface area contributed by atoms with Crippen molar-refractivity contribution in [1.82, 2.24) is 25.1 Å². The first-order valence-electron chi connectivity index (χ1n) is 11.3. The van der Waals surface area contributed by atoms with Gasteiger partial charge in [-0.1, -0.05) is 37.6 Å². The zero-order valence-corrected chi connectivity index (χ0v) is 19.6. The van der Waals surface area contributed by atoms with Crippen LogP contribution < -0.4 is 16.2 Å². The van der Waals surface area contributed by atoms with Gasteiger partial charge in [0.15, 0.2) is 5.82 Å². The molecule has 4 aromatic rings. The van der Waals surface area contributed by atoms with Crippen LogP contribution in [0.1, 0.15) is 36.1 Å². The smallest absolute Gasteiger partial charge is 0.319 e. The number of urea groups is 1. The third kappa shape index (κ3) is 4.91. The summed E-state index contributed by atoms with van der Waals surface area (Å²) < 4.78 is 1.37. The Kier molecular flexibility index (Phi) is 6.87. The average molecular weight is 457 g/mol. The third-order valence-electron chi connectivity index (χ3n) is 5.68. The highest BCUT2D eigenvalue weighted by atomic mass is 16.2. The van der Waals surface area contributed by atoms with Crippen molar-refractivity contribution in [2.75, 3.05) is 5.32 Å². The monoisotopic (exact) mass is 456 g/mol. The number of pyridine rings is 2. The molecule has 8 heteroatoms. The average Bonchev–Trinajstić information content (AvgIpc) is 3.25. The second kappa shape index (κ2) is 10.2. The summed E-state index contributed by atoms with van der Waals surface area (Å²) in [5, 5.41) is 8.89. The van der Waals surface area contributed by atoms with Crippen LogP contribution in [0.25, 0.3) is 16.9 Å². The fourth-order valence-electron chi connectivity index (χ4n) is 3.96. The fourth-order valence-corrected chi connectivity index (χ4v) is 3.96. The largest absolute Gasteiger partial charge is 0.334 e. The number of hydrogen-bond donors (Lipinski definition) is 3. The molecule has 4 rings (SSSR count). The second-order valence-corrected chi connectivity index (χ2v) is 8.06. The molecule has 3 aromatic heterocycles. The third-order valence-corrected chi connectivity index (χ3v) is 5.68. The van der Waals surface area contributed by atoms with E-state index in [2.05, 4.69) is 58.6 Å². The van der Waals surface area contributed by atoms with Gasteiger partial charge in [-0.05, 0) is 54.7 Å². The molecule has 0 fully saturated rings. The molecular weight excluding hydrogens is 428 g/mol. The number of amides is 2. The number of rotatable bonds is 7. The minimum absolute atomic E-state index is 0.220. The van der Waals surface area contributed by atoms with Crippen molar-refractivity contribution in [3.63, 3.8) is 0 Å². The van der Waals surface area contributed by atoms with Crippen LogP contribution in [0.5, 0.6) is 0 Å². The Bertz CT molecular complexity index is 1330. The number of aryl methyl sites for hydroxylation is 3. The van der Waals surface area contributed by atoms with Crippen molar-refractivity contribution in [2.24, 2.45) is 0 Å². The molecular formula is C26H28N6O2. The normalized spacial score (nSPS) is 10.8. The van der Waals surface area contributed by atoms with Gasteiger partial charge in [0.25, 0.3) is 5.56 Å². The minimum Gasteiger partial charge on any atom is -0.334 e. The molecule has 34 heavy (non-hydrogen) atoms. The van der Waals surface area contributed by atoms with Gasteiger partial charge in [0, 0.05) is 42.6 Å². The molecule has 0 unspecified atom stereocenters. The molecule has 0 atom stereocenters. The molecule has 0 aliphatic heterocycles. The first-order valence-corrected chi connectivity index (χ1v) is 11.3. The molecule has 0 spiro atoms. The summed E-state index contributed by atoms with van der Waals surface area (Å²) in [7, 11) is 0. The lowest BCUT2D eigenvalue weighted by molar-refractivity contribution is 0.251. The second-order valence-electron chi connectivity index (χ2n) is 8.06. The van der Waals surface area contributed by atoms with Crippen molar-refractivity contribution in [1.29, 1.82) is 0 Å². The number of carbonyl (C=O) groups excluding carboxylic acids is 1. The number of aromatic nitrogens is 4. The lowest BCUT2D eigenvalue weighted by atomic mass is 10.00. The standard InChI is InChI=1S/C26H28N6O2/c1-4-19-11-17(3)12-20(5-2)24(19)31-26(34)29-14-18-8-10-28-23(13-18)32-25(33)22(16-30-32)21-7-6-9-27-15-21/h6-13,15-16,30H,4-5,14H2,1-3H3,(H2,29,31,34). The first-order chi connectivity index (χ1) is 16.5. The van der Waals surface area contributed by atoms with Crippen LogP contribution in [0.3, 0.4) is 0 Å². The van der Waals surface area contributed by atoms with E-state index in [4.69, 9.17) is 0 Å². The summed E-state index contributed by atoms with van der Waals surface area (Å²) in [6, 6.07) is 11.1. The predicted molar refractivity (Wildman–Crippen MR) is 133 cm³/mol. The van der Waals surface area contributed by atoms with Gasteiger partial charge in [0.2, 0.25) is 0 Å². The molecule has 0 saturated carbocycles. The highest BCUT2D eigenvalue weighted by Crippen LogP contribution is 2.24. The van der Waals surface area contributed by atoms with E-state index in [9.17, 15) is 9.59 Å². The van der Waals surface area contributed by atoms with Gasteiger partial charge in [-0.25, -0.2) is 14.5 Å². The van der Waals surface area contributed by atoms with Crippen LogP contribution in [-0.4, -0.2) is 25.8 Å². The Labute approximate surface area is 198 Å². The molecule has 0 bridgehead atoms. The number of H-pyrrole nitrogens is 1. The quantitative estimate of drug-likeness (QED) is 0.384. The number of benzene rings is 1. The molecule has 0 aliphatic carbocycles. The van der Waals surface area contributed by atoms with Gasteiger partial charge >= 0.3 is 6.03 Å². The van der Waals surface area contributed by atoms with Gasteiger partial charge in [-0.15, -0.1) is 0 Å². The molecule has 0 radical (unpaired) electrons. The highest BCUT2D eigenvalue weighted by molar-refractivity contribution is 5.91. The Morgan fingerprint density at radius 1 is 1.09 bits per heavy atom. The van der Waals surface area contributed by atoms with E-state index >= 15 is 0 Å². The molecule has 1 aromatic carbocycles. The summed E-state index contributed by atoms with van der Waals surface area (Å²) >= 11 is 0. The molecule has 3 N–H and O–H groups in total. The minimum atomic E-state index is -0.275. The van der Waals surface area contributed by atoms with Crippen LogP contribution in [0.15, 0.2) is 66.0 Å². The van der Waals surface area contributed by atoms with E-state index in [-0.39, 0.29) is 11.6 Å². The lowest BCUT2D eigenvalue weighted by Crippen LogP contribution is -2.29. The zero-order chi connectivity index (χ0) is 24.1. The predicted octanol–water partition coefficient (Wildman–Crippen LogP) is 4.38. The molecule has 8 nitrogen and oxygen atoms in total. The van der Waals surface area contributed by atoms with Crippen molar-refractivity contribution < 1.29 is 4.79 Å². The van der Waals surface area contributed by atoms with E-state index in [1.54, 1.807) is 43.0 Å². The van der Waals surface area contributed by atoms with Crippen LogP contribution in [0.4, 0.5) is 10.5 Å². The summed E-state index contributed by atoms with van der Waals surface area (Å²) in [5.74, 6) is 0.444. The SMILES string of the molecule is CCc1cc(C)cc(CC)c1NC(=O)NCc1ccnc(-n2[nH]cc(-c3cccnc3)c2=O)c1. The summed E-state index contributed by atoms with van der Waals surface area (Å²) in [6.07, 6.45) is 8.23. The zero-order valence-electron chi connectivity index (χ0n) is 19.6. The Balaban J connectivity index is 1.48. The van der Waals surface area contributed by atoms with E-state index in [1.165, 1.54) is 10.2 Å². The van der Waals surface area contributed by atoms with E-state index in [0.29, 0.717) is 17.9 Å². The highest BCUT2D eigenvalue weighted by Gasteiger charge is 2.13. The topological polar surface area (TPSA) is 105 Å². The fraction of sp³-hybridized carbons (Fsp3) is 0.231. The summed E-state index contributed by atoms with van der Waals surface area (Å²) in [5.41, 5.74) is 6.14. The van der Waals surface area contributed by atoms with Gasteiger partial charge in [0.1, 0.15) is 0 Å². The number of carbonyl (C=O) groups is 1. The first kappa shape index (κ1) is 23.0. The Morgan fingerprint density at radius 2 is 1.85 bits per heavy atom. The van der Waals surface area contributed by atoms with Crippen molar-refractivity contribution >= 4 is 11.7 Å². The van der Waals surface area contributed by atoms with Gasteiger partial charge < -0.3 is 10.6 Å². The van der Waals surface area contributed by atoms with Gasteiger partial charge in [-0.3, -0.25) is 14.9 Å². The number of hydrogen-bond acceptors (Lipinski definition) is 4. The van der Waals surface area contributed by atoms with Gasteiger partial charge in [-0.2, -0.15) is 0 Å². The molecule has 2 amide bonds. The summed E-state index contributed by atoms with van der Waals surface area (Å²) in [4.78, 5) is 33.9. The van der Waals surface area contributed by atoms with Crippen LogP contribution >= 0.6 is 0 Å². The van der Waals surface area contributed by atoms with Crippen LogP contribution in [-0.2, 0) is 19.4 Å². The molecule has 174 valence electrons. The van der Waals surface area contributed by atoms with Crippen molar-refractivity contribution in [3.05, 3.63) is 93.8 Å². The number of anilines is 1. The molecule has 3 heterocycles. The molecule has 0 aliphatic rings. The Morgan fingerprint density at radius 3 is 2.53 bits per heavy atom. The van der Waals surface area contributed by atoms with E-state index in [1.807, 2.05) is 6.07 Å².